The summed E-state index contributed by atoms with van der Waals surface area (Å²) < 4.78 is 37.6. The van der Waals surface area contributed by atoms with E-state index < -0.39 is 12.0 Å². The van der Waals surface area contributed by atoms with Crippen LogP contribution in [0.25, 0.3) is 22.4 Å². The van der Waals surface area contributed by atoms with Gasteiger partial charge in [-0.3, -0.25) is 9.78 Å². The number of carbonyl (C=O) groups is 1. The SMILES string of the molecule is O=Cc1cnc(-c2cncnc2)cc1-c1cnc(C(F)(F)F)nc1. The van der Waals surface area contributed by atoms with Gasteiger partial charge in [0.1, 0.15) is 6.33 Å². The van der Waals surface area contributed by atoms with Crippen LogP contribution >= 0.6 is 0 Å². The number of rotatable bonds is 3. The number of hydrogen-bond acceptors (Lipinski definition) is 6. The molecule has 0 amide bonds. The maximum Gasteiger partial charge on any atom is 0.451 e. The highest BCUT2D eigenvalue weighted by Crippen LogP contribution is 2.29. The average Bonchev–Trinajstić information content (AvgIpc) is 2.61. The molecule has 0 fully saturated rings. The Kier molecular flexibility index (Phi) is 3.98. The lowest BCUT2D eigenvalue weighted by atomic mass is 10.0. The van der Waals surface area contributed by atoms with Gasteiger partial charge in [0, 0.05) is 47.7 Å². The van der Waals surface area contributed by atoms with Crippen molar-refractivity contribution in [2.24, 2.45) is 0 Å². The van der Waals surface area contributed by atoms with Crippen LogP contribution in [0, 0.1) is 0 Å². The lowest BCUT2D eigenvalue weighted by molar-refractivity contribution is -0.144. The van der Waals surface area contributed by atoms with Crippen molar-refractivity contribution in [3.63, 3.8) is 0 Å². The third-order valence-corrected chi connectivity index (χ3v) is 3.13. The highest BCUT2D eigenvalue weighted by molar-refractivity contribution is 5.88. The number of nitrogens with zero attached hydrogens (tertiary/aromatic N) is 5. The summed E-state index contributed by atoms with van der Waals surface area (Å²) >= 11 is 0. The zero-order valence-corrected chi connectivity index (χ0v) is 11.9. The molecule has 0 saturated carbocycles. The van der Waals surface area contributed by atoms with Gasteiger partial charge in [0.2, 0.25) is 5.82 Å². The van der Waals surface area contributed by atoms with E-state index in [1.54, 1.807) is 6.07 Å². The van der Waals surface area contributed by atoms with Gasteiger partial charge < -0.3 is 0 Å². The second kappa shape index (κ2) is 6.11. The molecule has 0 N–H and O–H groups in total. The highest BCUT2D eigenvalue weighted by Gasteiger charge is 2.34. The van der Waals surface area contributed by atoms with Crippen molar-refractivity contribution in [1.29, 1.82) is 0 Å². The number of pyridine rings is 1. The second-order valence-electron chi connectivity index (χ2n) is 4.69. The van der Waals surface area contributed by atoms with Crippen LogP contribution in [0.3, 0.4) is 0 Å². The molecule has 9 heteroatoms. The van der Waals surface area contributed by atoms with Crippen molar-refractivity contribution in [1.82, 2.24) is 24.9 Å². The van der Waals surface area contributed by atoms with Gasteiger partial charge in [0.05, 0.1) is 5.69 Å². The lowest BCUT2D eigenvalue weighted by Crippen LogP contribution is -2.10. The van der Waals surface area contributed by atoms with E-state index in [4.69, 9.17) is 0 Å². The van der Waals surface area contributed by atoms with E-state index in [2.05, 4.69) is 24.9 Å². The molecule has 0 spiro atoms. The van der Waals surface area contributed by atoms with Crippen molar-refractivity contribution in [2.45, 2.75) is 6.18 Å². The van der Waals surface area contributed by atoms with Crippen LogP contribution in [-0.2, 0) is 6.18 Å². The lowest BCUT2D eigenvalue weighted by Gasteiger charge is -2.09. The van der Waals surface area contributed by atoms with Crippen molar-refractivity contribution in [2.75, 3.05) is 0 Å². The minimum absolute atomic E-state index is 0.207. The molecular weight excluding hydrogens is 323 g/mol. The van der Waals surface area contributed by atoms with Gasteiger partial charge in [-0.2, -0.15) is 13.2 Å². The molecule has 0 aliphatic carbocycles. The topological polar surface area (TPSA) is 81.5 Å². The van der Waals surface area contributed by atoms with Crippen molar-refractivity contribution in [3.8, 4) is 22.4 Å². The third-order valence-electron chi connectivity index (χ3n) is 3.13. The molecular formula is C15H8F3N5O. The van der Waals surface area contributed by atoms with E-state index in [0.717, 1.165) is 12.4 Å². The maximum absolute atomic E-state index is 12.5. The summed E-state index contributed by atoms with van der Waals surface area (Å²) in [6, 6.07) is 1.55. The molecule has 0 aliphatic heterocycles. The summed E-state index contributed by atoms with van der Waals surface area (Å²) in [6.45, 7) is 0. The standard InChI is InChI=1S/C15H8F3N5O/c16-15(17,18)14-22-4-9(5-23-14)12-1-13(21-6-11(12)7-24)10-2-19-8-20-3-10/h1-8H. The van der Waals surface area contributed by atoms with Crippen LogP contribution in [0.15, 0.2) is 43.4 Å². The van der Waals surface area contributed by atoms with Gasteiger partial charge in [-0.25, -0.2) is 19.9 Å². The first-order valence-electron chi connectivity index (χ1n) is 6.59. The fourth-order valence-corrected chi connectivity index (χ4v) is 2.01. The van der Waals surface area contributed by atoms with Crippen molar-refractivity contribution in [3.05, 3.63) is 54.8 Å². The molecule has 3 heterocycles. The van der Waals surface area contributed by atoms with Gasteiger partial charge in [-0.15, -0.1) is 0 Å². The second-order valence-corrected chi connectivity index (χ2v) is 4.69. The maximum atomic E-state index is 12.5. The molecule has 120 valence electrons. The Bertz CT molecular complexity index is 867. The number of halogens is 3. The summed E-state index contributed by atoms with van der Waals surface area (Å²) in [5.41, 5.74) is 1.91. The Labute approximate surface area is 133 Å². The molecule has 0 radical (unpaired) electrons. The summed E-state index contributed by atoms with van der Waals surface area (Å²) in [4.78, 5) is 29.7. The quantitative estimate of drug-likeness (QED) is 0.687. The Balaban J connectivity index is 2.07. The van der Waals surface area contributed by atoms with Crippen LogP contribution in [0.2, 0.25) is 0 Å². The first kappa shape index (κ1) is 15.7. The molecule has 0 aliphatic rings. The molecule has 0 unspecified atom stereocenters. The van der Waals surface area contributed by atoms with Gasteiger partial charge in [0.25, 0.3) is 0 Å². The molecule has 0 saturated heterocycles. The van der Waals surface area contributed by atoms with Gasteiger partial charge >= 0.3 is 6.18 Å². The van der Waals surface area contributed by atoms with Gasteiger partial charge in [-0.05, 0) is 11.6 Å². The van der Waals surface area contributed by atoms with Gasteiger partial charge in [0.15, 0.2) is 6.29 Å². The molecule has 6 nitrogen and oxygen atoms in total. The predicted octanol–water partition coefficient (Wildman–Crippen LogP) is 2.83. The van der Waals surface area contributed by atoms with E-state index >= 15 is 0 Å². The summed E-state index contributed by atoms with van der Waals surface area (Å²) in [5.74, 6) is -1.25. The highest BCUT2D eigenvalue weighted by atomic mass is 19.4. The smallest absolute Gasteiger partial charge is 0.298 e. The Morgan fingerprint density at radius 3 is 2.12 bits per heavy atom. The molecule has 0 aromatic carbocycles. The first-order valence-corrected chi connectivity index (χ1v) is 6.59. The number of aromatic nitrogens is 5. The van der Waals surface area contributed by atoms with E-state index in [-0.39, 0.29) is 11.1 Å². The Morgan fingerprint density at radius 2 is 1.54 bits per heavy atom. The zero-order valence-electron chi connectivity index (χ0n) is 11.9. The summed E-state index contributed by atoms with van der Waals surface area (Å²) in [5, 5.41) is 0. The number of aldehydes is 1. The van der Waals surface area contributed by atoms with Crippen LogP contribution in [0.5, 0.6) is 0 Å². The molecule has 0 atom stereocenters. The number of hydrogen-bond donors (Lipinski definition) is 0. The molecule has 3 aromatic heterocycles. The fraction of sp³-hybridized carbons (Fsp3) is 0.0667. The van der Waals surface area contributed by atoms with E-state index in [1.807, 2.05) is 0 Å². The van der Waals surface area contributed by atoms with Crippen molar-refractivity contribution < 1.29 is 18.0 Å². The third kappa shape index (κ3) is 3.09. The Hall–Kier alpha value is -3.23. The monoisotopic (exact) mass is 331 g/mol. The fourth-order valence-electron chi connectivity index (χ4n) is 2.01. The van der Waals surface area contributed by atoms with E-state index in [0.29, 0.717) is 23.1 Å². The van der Waals surface area contributed by atoms with Crippen LogP contribution in [0.4, 0.5) is 13.2 Å². The molecule has 3 aromatic rings. The van der Waals surface area contributed by atoms with Crippen LogP contribution in [0.1, 0.15) is 16.2 Å². The van der Waals surface area contributed by atoms with E-state index in [9.17, 15) is 18.0 Å². The van der Waals surface area contributed by atoms with E-state index in [1.165, 1.54) is 24.9 Å². The normalized spacial score (nSPS) is 11.3. The number of carbonyl (C=O) groups excluding carboxylic acids is 1. The Morgan fingerprint density at radius 1 is 0.875 bits per heavy atom. The zero-order chi connectivity index (χ0) is 17.2. The molecule has 24 heavy (non-hydrogen) atoms. The van der Waals surface area contributed by atoms with Crippen LogP contribution < -0.4 is 0 Å². The number of alkyl halides is 3. The van der Waals surface area contributed by atoms with Crippen LogP contribution in [-0.4, -0.2) is 31.2 Å². The largest absolute Gasteiger partial charge is 0.451 e. The minimum Gasteiger partial charge on any atom is -0.298 e. The average molecular weight is 331 g/mol. The van der Waals surface area contributed by atoms with Gasteiger partial charge in [-0.1, -0.05) is 0 Å². The molecule has 3 rings (SSSR count). The molecule has 0 bridgehead atoms. The van der Waals surface area contributed by atoms with Crippen molar-refractivity contribution >= 4 is 6.29 Å². The minimum atomic E-state index is -4.63. The summed E-state index contributed by atoms with van der Waals surface area (Å²) in [6.07, 6.45) is 3.71. The predicted molar refractivity (Wildman–Crippen MR) is 76.7 cm³/mol. The summed E-state index contributed by atoms with van der Waals surface area (Å²) in [7, 11) is 0. The first-order chi connectivity index (χ1) is 11.5.